The standard InChI is InChI=1S/2C10H12.C9H10.C7H14.C6H10.C5H9N.4C5H10.C4H7N.C4H8.C3H6.13C2H6.W.3Y/c2*1-2-6-10-8-4-3-7-9(10)5-1;1-2-5-9-7-3-6-8(9)4-1;1-2-4-6-7-5-3-1;2*1-2-4-6-5-3-1;2*1-2-4-5-3-1;2*1-3-5-4-2;1-2-4-5-3-1;1-3-4-2;1-3-2;13*1-2;;;;/h2*1-2,5-6H,3-4,7-8H2;1-2,4-5H,3,6-7H2;1-7H2;1-2H,3-6H2;4H,1-3,5H2;4*1-5H2;3H,1-2,4H2;1-4H2;1-3H2;13*1-2H3;;;;/q;;;;;;;;2*-2;;2*-2;;;;;;;;;;;;;;+2;;;. The average Bonchev–Trinajstić information content (AvgIpc) is 0.993. The molecule has 7 aliphatic carbocycles. The van der Waals surface area contributed by atoms with Gasteiger partial charge < -0.3 is 61.8 Å². The van der Waals surface area contributed by atoms with Crippen molar-refractivity contribution in [1.82, 2.24) is 0 Å². The molecular formula is C104H206N2WY3-6. The molecule has 0 saturated heterocycles. The van der Waals surface area contributed by atoms with Crippen molar-refractivity contribution in [2.24, 2.45) is 9.98 Å². The number of unbranched alkanes of at least 4 members (excludes halogenated alkanes) is 5. The number of allylic oxidation sites excluding steroid dienone is 2. The zero-order valence-corrected chi connectivity index (χ0v) is 92.3. The molecule has 0 N–H and O–H groups in total. The first-order valence-corrected chi connectivity index (χ1v) is 46.7. The van der Waals surface area contributed by atoms with E-state index in [4.69, 9.17) is 0 Å². The summed E-state index contributed by atoms with van der Waals surface area (Å²) in [7, 11) is 0. The number of benzene rings is 3. The second-order valence-corrected chi connectivity index (χ2v) is 22.3. The Morgan fingerprint density at radius 3 is 0.491 bits per heavy atom. The van der Waals surface area contributed by atoms with Crippen LogP contribution in [0.15, 0.2) is 94.9 Å². The first kappa shape index (κ1) is 155. The van der Waals surface area contributed by atoms with E-state index in [0.717, 1.165) is 58.0 Å². The Bertz CT molecular complexity index is 1550. The van der Waals surface area contributed by atoms with Gasteiger partial charge in [0.15, 0.2) is 0 Å². The van der Waals surface area contributed by atoms with E-state index in [2.05, 4.69) is 150 Å². The van der Waals surface area contributed by atoms with Crippen LogP contribution in [-0.4, -0.2) is 25.5 Å². The Morgan fingerprint density at radius 2 is 0.391 bits per heavy atom. The summed E-state index contributed by atoms with van der Waals surface area (Å²) >= 11 is 0. The Hall–Kier alpha value is 0.740. The molecule has 0 bridgehead atoms. The molecule has 3 saturated carbocycles. The molecule has 0 atom stereocenters. The van der Waals surface area contributed by atoms with Gasteiger partial charge in [-0.15, -0.1) is 12.8 Å². The normalized spacial score (nSPS) is 13.1. The SMILES string of the molecule is C1=CCCCC1.C1=NCCC1.C1=NCCCC1.C1CCCC1.C1CCCC1.C1CCCCCC1.CC.CC.CC.CC.CC.CC.CC.CC.CC.CC.CC.CC.CC.[CH2-]CCC[CH2-].[CH2-]CCC[CH2-].[CH2-]CC[CH2-].[CH2-]C[CH2-].[W+2].[Y].[Y].[Y].c1ccc2c(c1)CCC2.c1ccc2c(c1)CCCC2.c1ccc2c(c1)CCCC2. The molecule has 2 heterocycles. The van der Waals surface area contributed by atoms with Crippen LogP contribution in [0.5, 0.6) is 0 Å². The van der Waals surface area contributed by atoms with E-state index >= 15 is 0 Å². The predicted octanol–water partition coefficient (Wildman–Crippen LogP) is 37.6. The fraction of sp³-hybridized carbons (Fsp3) is 0.712. The van der Waals surface area contributed by atoms with Gasteiger partial charge in [-0.2, -0.15) is 25.7 Å². The van der Waals surface area contributed by atoms with Crippen molar-refractivity contribution in [2.45, 2.75) is 475 Å². The zero-order chi connectivity index (χ0) is 84.1. The van der Waals surface area contributed by atoms with Gasteiger partial charge in [0, 0.05) is 111 Å². The van der Waals surface area contributed by atoms with E-state index in [1.165, 1.54) is 250 Å². The molecule has 12 rings (SSSR count). The van der Waals surface area contributed by atoms with Crippen LogP contribution in [0.2, 0.25) is 0 Å². The second-order valence-electron chi connectivity index (χ2n) is 22.3. The number of nitrogens with zero attached hydrogens (tertiary/aromatic N) is 2. The van der Waals surface area contributed by atoms with Gasteiger partial charge in [-0.05, 0) is 174 Å². The van der Waals surface area contributed by atoms with Crippen molar-refractivity contribution in [3.63, 3.8) is 0 Å². The molecule has 0 unspecified atom stereocenters. The van der Waals surface area contributed by atoms with Crippen LogP contribution >= 0.6 is 0 Å². The number of fused-ring (bicyclic) bond motifs is 3. The molecule has 2 aliphatic heterocycles. The molecule has 653 valence electrons. The molecule has 3 radical (unpaired) electrons. The quantitative estimate of drug-likeness (QED) is 0.138. The molecule has 2 nitrogen and oxygen atoms in total. The van der Waals surface area contributed by atoms with Crippen LogP contribution in [0.25, 0.3) is 0 Å². The van der Waals surface area contributed by atoms with E-state index in [-0.39, 0.29) is 119 Å². The van der Waals surface area contributed by atoms with Crippen molar-refractivity contribution >= 4 is 12.4 Å². The van der Waals surface area contributed by atoms with E-state index in [0.29, 0.717) is 0 Å². The third-order valence-electron chi connectivity index (χ3n) is 14.9. The summed E-state index contributed by atoms with van der Waals surface area (Å²) < 4.78 is 0. The Balaban J connectivity index is -0.0000000511. The molecular weight excluding hydrogens is 1730 g/mol. The van der Waals surface area contributed by atoms with Gasteiger partial charge in [0.1, 0.15) is 0 Å². The fourth-order valence-corrected chi connectivity index (χ4v) is 10.1. The first-order chi connectivity index (χ1) is 52.6. The van der Waals surface area contributed by atoms with Crippen LogP contribution in [-0.2, 0) is 158 Å². The summed E-state index contributed by atoms with van der Waals surface area (Å²) in [5.41, 5.74) is 9.44. The molecule has 0 spiro atoms. The van der Waals surface area contributed by atoms with Crippen molar-refractivity contribution < 1.29 is 119 Å². The minimum atomic E-state index is 0. The maximum Gasteiger partial charge on any atom is 2.00 e. The maximum absolute atomic E-state index is 4.05. The molecule has 3 fully saturated rings. The van der Waals surface area contributed by atoms with Gasteiger partial charge in [0.2, 0.25) is 0 Å². The minimum absolute atomic E-state index is 0. The molecule has 0 amide bonds. The largest absolute Gasteiger partial charge is 2.00 e. The van der Waals surface area contributed by atoms with Gasteiger partial charge in [-0.1, -0.05) is 374 Å². The van der Waals surface area contributed by atoms with Crippen LogP contribution in [0, 0.1) is 55.4 Å². The summed E-state index contributed by atoms with van der Waals surface area (Å²) in [6, 6.07) is 26.3. The monoisotopic (exact) mass is 1930 g/mol. The van der Waals surface area contributed by atoms with E-state index in [1.54, 1.807) is 33.4 Å². The van der Waals surface area contributed by atoms with E-state index < -0.39 is 0 Å². The van der Waals surface area contributed by atoms with E-state index in [1.807, 2.05) is 192 Å². The van der Waals surface area contributed by atoms with Crippen molar-refractivity contribution in [3.05, 3.63) is 174 Å². The third kappa shape index (κ3) is 147. The smallest absolute Gasteiger partial charge is 0.372 e. The number of aryl methyl sites for hydroxylation is 6. The third-order valence-corrected chi connectivity index (χ3v) is 14.9. The van der Waals surface area contributed by atoms with Gasteiger partial charge in [0.25, 0.3) is 0 Å². The molecule has 3 aromatic carbocycles. The number of hydrogen-bond donors (Lipinski definition) is 0. The summed E-state index contributed by atoms with van der Waals surface area (Å²) in [6.45, 7) is 82.5. The van der Waals surface area contributed by atoms with Crippen LogP contribution < -0.4 is 0 Å². The van der Waals surface area contributed by atoms with Gasteiger partial charge >= 0.3 is 21.1 Å². The topological polar surface area (TPSA) is 24.7 Å². The molecule has 3 aromatic rings. The summed E-state index contributed by atoms with van der Waals surface area (Å²) in [6.07, 6.45) is 69.7. The van der Waals surface area contributed by atoms with Crippen molar-refractivity contribution in [1.29, 1.82) is 0 Å². The van der Waals surface area contributed by atoms with Gasteiger partial charge in [-0.3, -0.25) is 9.98 Å². The second kappa shape index (κ2) is 181. The Morgan fingerprint density at radius 1 is 0.218 bits per heavy atom. The minimum Gasteiger partial charge on any atom is -0.372 e. The van der Waals surface area contributed by atoms with Gasteiger partial charge in [-0.25, -0.2) is 12.8 Å². The predicted molar refractivity (Wildman–Crippen MR) is 512 cm³/mol. The van der Waals surface area contributed by atoms with Crippen molar-refractivity contribution in [2.75, 3.05) is 13.1 Å². The Kier molecular flexibility index (Phi) is 255. The van der Waals surface area contributed by atoms with Crippen LogP contribution in [0.1, 0.15) is 470 Å². The Labute approximate surface area is 795 Å². The molecule has 6 heteroatoms. The maximum atomic E-state index is 4.05. The fourth-order valence-electron chi connectivity index (χ4n) is 10.1. The van der Waals surface area contributed by atoms with Crippen LogP contribution in [0.4, 0.5) is 0 Å². The van der Waals surface area contributed by atoms with E-state index in [9.17, 15) is 0 Å². The first-order valence-electron chi connectivity index (χ1n) is 46.7. The van der Waals surface area contributed by atoms with Crippen LogP contribution in [0.3, 0.4) is 0 Å². The summed E-state index contributed by atoms with van der Waals surface area (Å²) in [4.78, 5) is 8.01. The zero-order valence-electron chi connectivity index (χ0n) is 80.9. The number of aliphatic imine (C=N–C) groups is 2. The molecule has 110 heavy (non-hydrogen) atoms. The average molecular weight is 1940 g/mol. The van der Waals surface area contributed by atoms with Crippen molar-refractivity contribution in [3.8, 4) is 0 Å². The van der Waals surface area contributed by atoms with Gasteiger partial charge in [0.05, 0.1) is 0 Å². The molecule has 9 aliphatic rings. The summed E-state index contributed by atoms with van der Waals surface area (Å²) in [5, 5.41) is 0. The number of rotatable bonds is 5. The molecule has 0 aromatic heterocycles. The summed E-state index contributed by atoms with van der Waals surface area (Å²) in [5.74, 6) is 0. The number of hydrogen-bond acceptors (Lipinski definition) is 2.